The average Bonchev–Trinajstić information content (AvgIpc) is 3.39. The number of fused-ring (bicyclic) bond motifs is 4. The van der Waals surface area contributed by atoms with Crippen LogP contribution in [0.5, 0.6) is 0 Å². The average molecular weight is 390 g/mol. The van der Waals surface area contributed by atoms with Gasteiger partial charge in [0.15, 0.2) is 11.3 Å². The number of nitrogens with one attached hydrogen (secondary N) is 1. The molecular formula is C20H22N8O. The Morgan fingerprint density at radius 2 is 1.97 bits per heavy atom. The molecule has 2 aliphatic rings. The van der Waals surface area contributed by atoms with Gasteiger partial charge in [0.05, 0.1) is 41.2 Å². The molecule has 6 rings (SSSR count). The SMILES string of the molecule is Cc1cc2ncnn2cc1Nc1ncc2c(C)nn([C@@H]3C[C@H]4CC[C@@H](C3)O4)c2n1. The van der Waals surface area contributed by atoms with Gasteiger partial charge in [-0.1, -0.05) is 0 Å². The highest BCUT2D eigenvalue weighted by Crippen LogP contribution is 2.39. The van der Waals surface area contributed by atoms with Crippen LogP contribution in [0.2, 0.25) is 0 Å². The summed E-state index contributed by atoms with van der Waals surface area (Å²) in [6, 6.07) is 2.31. The van der Waals surface area contributed by atoms with Crippen molar-refractivity contribution in [2.24, 2.45) is 0 Å². The van der Waals surface area contributed by atoms with Gasteiger partial charge in [-0.2, -0.15) is 15.2 Å². The fourth-order valence-electron chi connectivity index (χ4n) is 4.62. The summed E-state index contributed by atoms with van der Waals surface area (Å²) in [5.41, 5.74) is 4.61. The molecule has 2 saturated heterocycles. The van der Waals surface area contributed by atoms with Crippen LogP contribution in [0, 0.1) is 13.8 Å². The lowest BCUT2D eigenvalue weighted by Gasteiger charge is -2.28. The van der Waals surface area contributed by atoms with E-state index in [0.29, 0.717) is 24.2 Å². The lowest BCUT2D eigenvalue weighted by molar-refractivity contribution is -0.0174. The molecular weight excluding hydrogens is 368 g/mol. The molecule has 0 unspecified atom stereocenters. The maximum Gasteiger partial charge on any atom is 0.229 e. The van der Waals surface area contributed by atoms with Crippen LogP contribution in [0.25, 0.3) is 16.7 Å². The third kappa shape index (κ3) is 2.76. The molecule has 0 saturated carbocycles. The fraction of sp³-hybridized carbons (Fsp3) is 0.450. The minimum Gasteiger partial charge on any atom is -0.375 e. The normalized spacial score (nSPS) is 23.9. The van der Waals surface area contributed by atoms with Gasteiger partial charge in [-0.25, -0.2) is 19.2 Å². The Balaban J connectivity index is 1.38. The van der Waals surface area contributed by atoms with Crippen LogP contribution in [0.3, 0.4) is 0 Å². The van der Waals surface area contributed by atoms with E-state index in [1.165, 1.54) is 0 Å². The first kappa shape index (κ1) is 16.8. The molecule has 9 heteroatoms. The molecule has 9 nitrogen and oxygen atoms in total. The largest absolute Gasteiger partial charge is 0.375 e. The molecule has 4 aromatic heterocycles. The predicted octanol–water partition coefficient (Wildman–Crippen LogP) is 3.11. The van der Waals surface area contributed by atoms with Crippen molar-refractivity contribution in [2.45, 2.75) is 57.8 Å². The van der Waals surface area contributed by atoms with Crippen LogP contribution < -0.4 is 5.32 Å². The van der Waals surface area contributed by atoms with Crippen LogP contribution >= 0.6 is 0 Å². The van der Waals surface area contributed by atoms with Gasteiger partial charge < -0.3 is 10.1 Å². The Labute approximate surface area is 167 Å². The van der Waals surface area contributed by atoms with Crippen LogP contribution in [-0.2, 0) is 4.74 Å². The van der Waals surface area contributed by atoms with Gasteiger partial charge in [0.2, 0.25) is 5.95 Å². The quantitative estimate of drug-likeness (QED) is 0.574. The number of nitrogens with zero attached hydrogens (tertiary/aromatic N) is 7. The molecule has 148 valence electrons. The molecule has 4 aromatic rings. The molecule has 0 spiro atoms. The highest BCUT2D eigenvalue weighted by molar-refractivity contribution is 5.79. The summed E-state index contributed by atoms with van der Waals surface area (Å²) in [4.78, 5) is 13.6. The zero-order chi connectivity index (χ0) is 19.5. The van der Waals surface area contributed by atoms with Gasteiger partial charge in [-0.05, 0) is 51.2 Å². The zero-order valence-electron chi connectivity index (χ0n) is 16.4. The van der Waals surface area contributed by atoms with E-state index >= 15 is 0 Å². The molecule has 2 fully saturated rings. The molecule has 2 bridgehead atoms. The number of hydrogen-bond acceptors (Lipinski definition) is 7. The van der Waals surface area contributed by atoms with Crippen LogP contribution in [-0.4, -0.2) is 46.6 Å². The van der Waals surface area contributed by atoms with Gasteiger partial charge in [0.1, 0.15) is 6.33 Å². The monoisotopic (exact) mass is 390 g/mol. The van der Waals surface area contributed by atoms with Gasteiger partial charge in [0, 0.05) is 6.20 Å². The molecule has 0 amide bonds. The van der Waals surface area contributed by atoms with E-state index in [1.54, 1.807) is 10.8 Å². The number of aryl methyl sites for hydroxylation is 2. The summed E-state index contributed by atoms with van der Waals surface area (Å²) < 4.78 is 9.84. The lowest BCUT2D eigenvalue weighted by Crippen LogP contribution is -2.27. The van der Waals surface area contributed by atoms with Gasteiger partial charge >= 0.3 is 0 Å². The van der Waals surface area contributed by atoms with E-state index < -0.39 is 0 Å². The first-order valence-electron chi connectivity index (χ1n) is 10.1. The van der Waals surface area contributed by atoms with Gasteiger partial charge in [-0.3, -0.25) is 0 Å². The Bertz CT molecular complexity index is 1220. The van der Waals surface area contributed by atoms with Crippen molar-refractivity contribution in [2.75, 3.05) is 5.32 Å². The molecule has 0 aliphatic carbocycles. The van der Waals surface area contributed by atoms with Crippen LogP contribution in [0.4, 0.5) is 11.6 Å². The number of anilines is 2. The smallest absolute Gasteiger partial charge is 0.229 e. The number of hydrogen-bond donors (Lipinski definition) is 1. The molecule has 2 aliphatic heterocycles. The highest BCUT2D eigenvalue weighted by atomic mass is 16.5. The van der Waals surface area contributed by atoms with E-state index in [-0.39, 0.29) is 0 Å². The van der Waals surface area contributed by atoms with Crippen molar-refractivity contribution in [1.29, 1.82) is 0 Å². The van der Waals surface area contributed by atoms with Gasteiger partial charge in [-0.15, -0.1) is 0 Å². The minimum absolute atomic E-state index is 0.327. The minimum atomic E-state index is 0.327. The van der Waals surface area contributed by atoms with E-state index in [0.717, 1.165) is 59.3 Å². The highest BCUT2D eigenvalue weighted by Gasteiger charge is 2.37. The zero-order valence-corrected chi connectivity index (χ0v) is 16.4. The van der Waals surface area contributed by atoms with Crippen molar-refractivity contribution in [3.8, 4) is 0 Å². The molecule has 0 aromatic carbocycles. The third-order valence-corrected chi connectivity index (χ3v) is 6.11. The lowest BCUT2D eigenvalue weighted by atomic mass is 10.0. The summed E-state index contributed by atoms with van der Waals surface area (Å²) in [6.45, 7) is 4.05. The van der Waals surface area contributed by atoms with E-state index in [9.17, 15) is 0 Å². The summed E-state index contributed by atoms with van der Waals surface area (Å²) in [7, 11) is 0. The van der Waals surface area contributed by atoms with Crippen molar-refractivity contribution >= 4 is 28.3 Å². The topological polar surface area (TPSA) is 95.1 Å². The number of ether oxygens (including phenoxy) is 1. The maximum atomic E-state index is 6.01. The Morgan fingerprint density at radius 3 is 2.79 bits per heavy atom. The second-order valence-corrected chi connectivity index (χ2v) is 8.10. The number of rotatable bonds is 3. The van der Waals surface area contributed by atoms with Crippen LogP contribution in [0.1, 0.15) is 43.0 Å². The standard InChI is InChI=1S/C20H22N8O/c1-11-5-18-22-10-23-27(18)9-17(11)24-20-21-8-16-12(2)26-28(19(16)25-20)13-6-14-3-4-15(7-13)29-14/h5,8-10,13-15H,3-4,6-7H2,1-2H3,(H,21,24,25)/t13-,14-,15+. The number of aromatic nitrogens is 7. The molecule has 29 heavy (non-hydrogen) atoms. The Morgan fingerprint density at radius 1 is 1.14 bits per heavy atom. The van der Waals surface area contributed by atoms with E-state index in [1.807, 2.05) is 32.3 Å². The Kier molecular flexibility index (Phi) is 3.61. The summed E-state index contributed by atoms with van der Waals surface area (Å²) in [5.74, 6) is 0.552. The van der Waals surface area contributed by atoms with Crippen molar-refractivity contribution < 1.29 is 4.74 Å². The first-order chi connectivity index (χ1) is 14.1. The summed E-state index contributed by atoms with van der Waals surface area (Å²) in [6.07, 6.45) is 10.3. The third-order valence-electron chi connectivity index (χ3n) is 6.11. The van der Waals surface area contributed by atoms with Crippen molar-refractivity contribution in [3.05, 3.63) is 36.0 Å². The van der Waals surface area contributed by atoms with Crippen molar-refractivity contribution in [3.63, 3.8) is 0 Å². The second kappa shape index (κ2) is 6.21. The molecule has 6 heterocycles. The molecule has 1 N–H and O–H groups in total. The second-order valence-electron chi connectivity index (χ2n) is 8.10. The fourth-order valence-corrected chi connectivity index (χ4v) is 4.62. The van der Waals surface area contributed by atoms with E-state index in [4.69, 9.17) is 14.8 Å². The summed E-state index contributed by atoms with van der Waals surface area (Å²) >= 11 is 0. The van der Waals surface area contributed by atoms with Crippen molar-refractivity contribution in [1.82, 2.24) is 34.3 Å². The number of pyridine rings is 1. The first-order valence-corrected chi connectivity index (χ1v) is 10.1. The maximum absolute atomic E-state index is 6.01. The predicted molar refractivity (Wildman–Crippen MR) is 107 cm³/mol. The van der Waals surface area contributed by atoms with Gasteiger partial charge in [0.25, 0.3) is 0 Å². The molecule has 3 atom stereocenters. The Hall–Kier alpha value is -3.07. The molecule has 0 radical (unpaired) electrons. The van der Waals surface area contributed by atoms with Crippen LogP contribution in [0.15, 0.2) is 24.8 Å². The van der Waals surface area contributed by atoms with E-state index in [2.05, 4.69) is 25.1 Å². The summed E-state index contributed by atoms with van der Waals surface area (Å²) in [5, 5.41) is 13.4.